The van der Waals surface area contributed by atoms with Crippen molar-refractivity contribution in [3.8, 4) is 0 Å². The summed E-state index contributed by atoms with van der Waals surface area (Å²) >= 11 is 1.83. The first kappa shape index (κ1) is 12.8. The van der Waals surface area contributed by atoms with Gasteiger partial charge in [-0.25, -0.2) is 0 Å². The lowest BCUT2D eigenvalue weighted by molar-refractivity contribution is -0.118. The van der Waals surface area contributed by atoms with Crippen LogP contribution in [-0.4, -0.2) is 35.7 Å². The molecule has 1 atom stereocenters. The lowest BCUT2D eigenvalue weighted by Crippen LogP contribution is -2.21. The maximum Gasteiger partial charge on any atom is 0.216 e. The fourth-order valence-electron chi connectivity index (χ4n) is 0.776. The Morgan fingerprint density at radius 1 is 1.62 bits per heavy atom. The molecule has 0 aromatic heterocycles. The molecule has 0 spiro atoms. The predicted octanol–water partition coefficient (Wildman–Crippen LogP) is 0.874. The van der Waals surface area contributed by atoms with E-state index < -0.39 is 0 Å². The van der Waals surface area contributed by atoms with E-state index in [2.05, 4.69) is 5.32 Å². The Morgan fingerprint density at radius 2 is 2.31 bits per heavy atom. The molecule has 1 unspecified atom stereocenters. The minimum absolute atomic E-state index is 0.0359. The molecule has 3 nitrogen and oxygen atoms in total. The summed E-state index contributed by atoms with van der Waals surface area (Å²) in [6, 6.07) is 0. The fraction of sp³-hybridized carbons (Fsp3) is 0.889. The summed E-state index contributed by atoms with van der Waals surface area (Å²) in [5, 5.41) is 11.5. The number of nitrogens with one attached hydrogen (secondary N) is 1. The van der Waals surface area contributed by atoms with Crippen LogP contribution in [0.5, 0.6) is 0 Å². The molecule has 0 saturated carbocycles. The summed E-state index contributed by atoms with van der Waals surface area (Å²) in [4.78, 5) is 10.5. The molecule has 0 heterocycles. The first-order chi connectivity index (χ1) is 6.16. The third kappa shape index (κ3) is 9.70. The Balaban J connectivity index is 3.04. The average Bonchev–Trinajstić information content (AvgIpc) is 2.10. The first-order valence-electron chi connectivity index (χ1n) is 4.60. The molecule has 0 aromatic carbocycles. The number of hydrogen-bond donors (Lipinski definition) is 2. The molecule has 0 saturated heterocycles. The average molecular weight is 205 g/mol. The highest BCUT2D eigenvalue weighted by atomic mass is 32.2. The van der Waals surface area contributed by atoms with Crippen LogP contribution in [0.4, 0.5) is 0 Å². The van der Waals surface area contributed by atoms with Crippen LogP contribution in [0.3, 0.4) is 0 Å². The molecule has 2 N–H and O–H groups in total. The van der Waals surface area contributed by atoms with E-state index in [1.54, 1.807) is 0 Å². The van der Waals surface area contributed by atoms with E-state index in [1.807, 2.05) is 18.7 Å². The Kier molecular flexibility index (Phi) is 8.24. The minimum atomic E-state index is 0.0359. The van der Waals surface area contributed by atoms with Crippen molar-refractivity contribution in [3.05, 3.63) is 0 Å². The molecule has 0 rings (SSSR count). The Hall–Kier alpha value is -0.220. The Labute approximate surface area is 84.3 Å². The highest BCUT2D eigenvalue weighted by Crippen LogP contribution is 2.08. The van der Waals surface area contributed by atoms with Gasteiger partial charge in [0.05, 0.1) is 0 Å². The highest BCUT2D eigenvalue weighted by molar-refractivity contribution is 7.99. The van der Waals surface area contributed by atoms with E-state index in [4.69, 9.17) is 5.11 Å². The van der Waals surface area contributed by atoms with Crippen molar-refractivity contribution in [2.24, 2.45) is 5.92 Å². The number of carbonyl (C=O) groups excluding carboxylic acids is 1. The van der Waals surface area contributed by atoms with E-state index in [1.165, 1.54) is 6.92 Å². The van der Waals surface area contributed by atoms with Gasteiger partial charge in [-0.15, -0.1) is 0 Å². The Morgan fingerprint density at radius 3 is 2.85 bits per heavy atom. The molecule has 78 valence electrons. The molecule has 0 aliphatic rings. The SMILES string of the molecule is CC(=O)NCCCSCC(C)CO. The van der Waals surface area contributed by atoms with Crippen molar-refractivity contribution >= 4 is 17.7 Å². The van der Waals surface area contributed by atoms with Crippen molar-refractivity contribution in [1.29, 1.82) is 0 Å². The van der Waals surface area contributed by atoms with E-state index in [0.29, 0.717) is 5.92 Å². The number of carbonyl (C=O) groups is 1. The summed E-state index contributed by atoms with van der Waals surface area (Å²) in [5.74, 6) is 2.46. The Bertz CT molecular complexity index is 142. The summed E-state index contributed by atoms with van der Waals surface area (Å²) in [5.41, 5.74) is 0. The van der Waals surface area contributed by atoms with Crippen LogP contribution in [0.1, 0.15) is 20.3 Å². The van der Waals surface area contributed by atoms with Gasteiger partial charge in [0.1, 0.15) is 0 Å². The second kappa shape index (κ2) is 8.38. The molecular formula is C9H19NO2S. The molecule has 0 aliphatic heterocycles. The summed E-state index contributed by atoms with van der Waals surface area (Å²) < 4.78 is 0. The van der Waals surface area contributed by atoms with Crippen molar-refractivity contribution in [2.75, 3.05) is 24.7 Å². The van der Waals surface area contributed by atoms with Crippen LogP contribution in [0, 0.1) is 5.92 Å². The maximum absolute atomic E-state index is 10.5. The van der Waals surface area contributed by atoms with Gasteiger partial charge in [-0.2, -0.15) is 11.8 Å². The first-order valence-corrected chi connectivity index (χ1v) is 5.75. The fourth-order valence-corrected chi connectivity index (χ4v) is 1.80. The van der Waals surface area contributed by atoms with Gasteiger partial charge in [0.15, 0.2) is 0 Å². The van der Waals surface area contributed by atoms with Crippen molar-refractivity contribution in [2.45, 2.75) is 20.3 Å². The lowest BCUT2D eigenvalue weighted by atomic mass is 10.2. The van der Waals surface area contributed by atoms with E-state index in [9.17, 15) is 4.79 Å². The zero-order valence-corrected chi connectivity index (χ0v) is 9.19. The molecule has 0 aliphatic carbocycles. The normalized spacial score (nSPS) is 12.5. The summed E-state index contributed by atoms with van der Waals surface area (Å²) in [6.07, 6.45) is 1.00. The number of aliphatic hydroxyl groups excluding tert-OH is 1. The number of hydrogen-bond acceptors (Lipinski definition) is 3. The van der Waals surface area contributed by atoms with E-state index in [0.717, 1.165) is 24.5 Å². The summed E-state index contributed by atoms with van der Waals surface area (Å²) in [7, 11) is 0. The van der Waals surface area contributed by atoms with Gasteiger partial charge in [0, 0.05) is 20.1 Å². The topological polar surface area (TPSA) is 49.3 Å². The molecule has 0 fully saturated rings. The number of rotatable bonds is 7. The van der Waals surface area contributed by atoms with Gasteiger partial charge in [-0.05, 0) is 23.8 Å². The van der Waals surface area contributed by atoms with Gasteiger partial charge < -0.3 is 10.4 Å². The molecule has 0 aromatic rings. The molecule has 4 heteroatoms. The molecule has 1 amide bonds. The second-order valence-electron chi connectivity index (χ2n) is 3.20. The number of aliphatic hydroxyl groups is 1. The van der Waals surface area contributed by atoms with Crippen LogP contribution >= 0.6 is 11.8 Å². The lowest BCUT2D eigenvalue weighted by Gasteiger charge is -2.06. The molecule has 13 heavy (non-hydrogen) atoms. The van der Waals surface area contributed by atoms with Gasteiger partial charge >= 0.3 is 0 Å². The zero-order chi connectivity index (χ0) is 10.1. The zero-order valence-electron chi connectivity index (χ0n) is 8.38. The predicted molar refractivity (Wildman–Crippen MR) is 56.9 cm³/mol. The second-order valence-corrected chi connectivity index (χ2v) is 4.35. The molecular weight excluding hydrogens is 186 g/mol. The highest BCUT2D eigenvalue weighted by Gasteiger charge is 1.99. The van der Waals surface area contributed by atoms with Crippen LogP contribution in [0.2, 0.25) is 0 Å². The number of amides is 1. The maximum atomic E-state index is 10.5. The van der Waals surface area contributed by atoms with E-state index >= 15 is 0 Å². The number of thioether (sulfide) groups is 1. The molecule has 0 radical (unpaired) electrons. The monoisotopic (exact) mass is 205 g/mol. The van der Waals surface area contributed by atoms with Crippen molar-refractivity contribution in [1.82, 2.24) is 5.32 Å². The van der Waals surface area contributed by atoms with Crippen LogP contribution < -0.4 is 5.32 Å². The smallest absolute Gasteiger partial charge is 0.216 e. The standard InChI is InChI=1S/C9H19NO2S/c1-8(6-11)7-13-5-3-4-10-9(2)12/h8,11H,3-7H2,1-2H3,(H,10,12). The van der Waals surface area contributed by atoms with Crippen LogP contribution in [0.25, 0.3) is 0 Å². The van der Waals surface area contributed by atoms with E-state index in [-0.39, 0.29) is 12.5 Å². The van der Waals surface area contributed by atoms with Gasteiger partial charge in [0.25, 0.3) is 0 Å². The largest absolute Gasteiger partial charge is 0.396 e. The van der Waals surface area contributed by atoms with Gasteiger partial charge in [-0.1, -0.05) is 6.92 Å². The van der Waals surface area contributed by atoms with Crippen LogP contribution in [0.15, 0.2) is 0 Å². The van der Waals surface area contributed by atoms with Gasteiger partial charge in [-0.3, -0.25) is 4.79 Å². The van der Waals surface area contributed by atoms with Gasteiger partial charge in [0.2, 0.25) is 5.91 Å². The van der Waals surface area contributed by atoms with Crippen molar-refractivity contribution in [3.63, 3.8) is 0 Å². The third-order valence-electron chi connectivity index (χ3n) is 1.55. The van der Waals surface area contributed by atoms with Crippen molar-refractivity contribution < 1.29 is 9.90 Å². The van der Waals surface area contributed by atoms with Crippen LogP contribution in [-0.2, 0) is 4.79 Å². The quantitative estimate of drug-likeness (QED) is 0.606. The molecule has 0 bridgehead atoms. The minimum Gasteiger partial charge on any atom is -0.396 e. The summed E-state index contributed by atoms with van der Waals surface area (Å²) in [6.45, 7) is 4.58. The third-order valence-corrected chi connectivity index (χ3v) is 2.94.